The number of hydrogen-bond donors (Lipinski definition) is 1. The highest BCUT2D eigenvalue weighted by Gasteiger charge is 2.15. The number of fused-ring (bicyclic) bond motifs is 1. The van der Waals surface area contributed by atoms with Crippen molar-refractivity contribution in [3.8, 4) is 0 Å². The second-order valence-corrected chi connectivity index (χ2v) is 6.42. The van der Waals surface area contributed by atoms with Gasteiger partial charge in [-0.05, 0) is 56.7 Å². The molecule has 0 spiro atoms. The Morgan fingerprint density at radius 1 is 1.07 bits per heavy atom. The number of hydrogen-bond acceptors (Lipinski definition) is 4. The maximum atomic E-state index is 13.5. The predicted octanol–water partition coefficient (Wildman–Crippen LogP) is 4.09. The fourth-order valence-corrected chi connectivity index (χ4v) is 2.72. The van der Waals surface area contributed by atoms with Gasteiger partial charge >= 0.3 is 5.97 Å². The number of carbonyl (C=O) groups is 2. The van der Waals surface area contributed by atoms with Crippen LogP contribution in [0.25, 0.3) is 10.9 Å². The average Bonchev–Trinajstić information content (AvgIpc) is 2.62. The van der Waals surface area contributed by atoms with Crippen LogP contribution in [-0.4, -0.2) is 23.5 Å². The van der Waals surface area contributed by atoms with Gasteiger partial charge in [-0.25, -0.2) is 9.18 Å². The number of amides is 1. The first kappa shape index (κ1) is 18.5. The smallest absolute Gasteiger partial charge is 0.339 e. The van der Waals surface area contributed by atoms with Gasteiger partial charge in [0.2, 0.25) is 0 Å². The summed E-state index contributed by atoms with van der Waals surface area (Å²) < 4.78 is 18.7. The fraction of sp³-hybridized carbons (Fsp3) is 0.190. The van der Waals surface area contributed by atoms with Crippen molar-refractivity contribution in [2.75, 3.05) is 11.9 Å². The summed E-state index contributed by atoms with van der Waals surface area (Å²) in [4.78, 5) is 28.9. The van der Waals surface area contributed by atoms with Crippen molar-refractivity contribution in [3.63, 3.8) is 0 Å². The SMILES string of the molecule is Cc1ccc2nc(C)cc(C(=O)OCC(=O)Nc3ccc(C)c(F)c3)c2c1. The fourth-order valence-electron chi connectivity index (χ4n) is 2.72. The van der Waals surface area contributed by atoms with E-state index in [-0.39, 0.29) is 0 Å². The third-order valence-corrected chi connectivity index (χ3v) is 4.10. The number of nitrogens with zero attached hydrogens (tertiary/aromatic N) is 1. The molecule has 6 heteroatoms. The van der Waals surface area contributed by atoms with E-state index in [0.29, 0.717) is 33.4 Å². The Morgan fingerprint density at radius 2 is 1.85 bits per heavy atom. The Labute approximate surface area is 156 Å². The first-order chi connectivity index (χ1) is 12.8. The Bertz CT molecular complexity index is 1050. The molecular weight excluding hydrogens is 347 g/mol. The van der Waals surface area contributed by atoms with Crippen molar-refractivity contribution >= 4 is 28.5 Å². The molecule has 0 unspecified atom stereocenters. The molecule has 1 heterocycles. The monoisotopic (exact) mass is 366 g/mol. The van der Waals surface area contributed by atoms with Crippen LogP contribution in [0.3, 0.4) is 0 Å². The molecule has 138 valence electrons. The number of anilines is 1. The molecule has 1 aromatic heterocycles. The van der Waals surface area contributed by atoms with E-state index in [1.54, 1.807) is 32.0 Å². The van der Waals surface area contributed by atoms with Crippen molar-refractivity contribution < 1.29 is 18.7 Å². The topological polar surface area (TPSA) is 68.3 Å². The van der Waals surface area contributed by atoms with Gasteiger partial charge in [-0.2, -0.15) is 0 Å². The minimum absolute atomic E-state index is 0.306. The lowest BCUT2D eigenvalue weighted by molar-refractivity contribution is -0.119. The van der Waals surface area contributed by atoms with Crippen molar-refractivity contribution in [3.05, 3.63) is 70.7 Å². The molecule has 0 saturated carbocycles. The van der Waals surface area contributed by atoms with Crippen molar-refractivity contribution in [1.29, 1.82) is 0 Å². The van der Waals surface area contributed by atoms with Gasteiger partial charge in [-0.3, -0.25) is 9.78 Å². The van der Waals surface area contributed by atoms with Gasteiger partial charge in [0.05, 0.1) is 11.1 Å². The van der Waals surface area contributed by atoms with E-state index in [0.717, 1.165) is 5.56 Å². The van der Waals surface area contributed by atoms with Gasteiger partial charge in [0, 0.05) is 16.8 Å². The van der Waals surface area contributed by atoms with Gasteiger partial charge in [0.15, 0.2) is 6.61 Å². The van der Waals surface area contributed by atoms with E-state index in [1.807, 2.05) is 25.1 Å². The number of pyridine rings is 1. The number of halogens is 1. The van der Waals surface area contributed by atoms with Gasteiger partial charge in [-0.15, -0.1) is 0 Å². The zero-order valence-corrected chi connectivity index (χ0v) is 15.3. The van der Waals surface area contributed by atoms with Crippen LogP contribution in [0.15, 0.2) is 42.5 Å². The molecule has 0 aliphatic carbocycles. The zero-order chi connectivity index (χ0) is 19.6. The molecule has 0 bridgehead atoms. The highest BCUT2D eigenvalue weighted by atomic mass is 19.1. The first-order valence-corrected chi connectivity index (χ1v) is 8.44. The molecule has 0 saturated heterocycles. The standard InChI is InChI=1S/C21H19FN2O3/c1-12-4-7-19-16(8-12)17(9-14(3)23-19)21(26)27-11-20(25)24-15-6-5-13(2)18(22)10-15/h4-10H,11H2,1-3H3,(H,24,25). The van der Waals surface area contributed by atoms with Crippen molar-refractivity contribution in [2.24, 2.45) is 0 Å². The number of aryl methyl sites for hydroxylation is 3. The molecule has 3 aromatic rings. The van der Waals surface area contributed by atoms with Crippen LogP contribution in [0.5, 0.6) is 0 Å². The van der Waals surface area contributed by atoms with Crippen LogP contribution in [0.1, 0.15) is 27.2 Å². The summed E-state index contributed by atoms with van der Waals surface area (Å²) in [6.45, 7) is 4.87. The van der Waals surface area contributed by atoms with Gasteiger partial charge < -0.3 is 10.1 Å². The number of ether oxygens (including phenoxy) is 1. The largest absolute Gasteiger partial charge is 0.452 e. The number of rotatable bonds is 4. The van der Waals surface area contributed by atoms with Crippen LogP contribution in [0.2, 0.25) is 0 Å². The maximum Gasteiger partial charge on any atom is 0.339 e. The molecule has 1 N–H and O–H groups in total. The minimum atomic E-state index is -0.610. The van der Waals surface area contributed by atoms with E-state index in [1.165, 1.54) is 6.07 Å². The van der Waals surface area contributed by atoms with E-state index >= 15 is 0 Å². The van der Waals surface area contributed by atoms with E-state index in [2.05, 4.69) is 10.3 Å². The Kier molecular flexibility index (Phi) is 5.16. The average molecular weight is 366 g/mol. The number of esters is 1. The number of nitrogens with one attached hydrogen (secondary N) is 1. The molecule has 0 aliphatic rings. The molecular formula is C21H19FN2O3. The quantitative estimate of drug-likeness (QED) is 0.706. The predicted molar refractivity (Wildman–Crippen MR) is 101 cm³/mol. The van der Waals surface area contributed by atoms with E-state index < -0.39 is 24.3 Å². The molecule has 27 heavy (non-hydrogen) atoms. The van der Waals surface area contributed by atoms with Gasteiger partial charge in [0.1, 0.15) is 5.82 Å². The summed E-state index contributed by atoms with van der Waals surface area (Å²) >= 11 is 0. The van der Waals surface area contributed by atoms with Crippen molar-refractivity contribution in [2.45, 2.75) is 20.8 Å². The molecule has 0 aliphatic heterocycles. The summed E-state index contributed by atoms with van der Waals surface area (Å²) in [5.74, 6) is -1.57. The Morgan fingerprint density at radius 3 is 2.59 bits per heavy atom. The molecule has 2 aromatic carbocycles. The zero-order valence-electron chi connectivity index (χ0n) is 15.3. The highest BCUT2D eigenvalue weighted by Crippen LogP contribution is 2.21. The van der Waals surface area contributed by atoms with Crippen LogP contribution in [-0.2, 0) is 9.53 Å². The lowest BCUT2D eigenvalue weighted by atomic mass is 10.1. The maximum absolute atomic E-state index is 13.5. The molecule has 3 rings (SSSR count). The molecule has 5 nitrogen and oxygen atoms in total. The molecule has 0 atom stereocenters. The number of carbonyl (C=O) groups excluding carboxylic acids is 2. The summed E-state index contributed by atoms with van der Waals surface area (Å²) in [6.07, 6.45) is 0. The summed E-state index contributed by atoms with van der Waals surface area (Å²) in [5.41, 5.74) is 3.50. The lowest BCUT2D eigenvalue weighted by Gasteiger charge is -2.10. The van der Waals surface area contributed by atoms with Crippen LogP contribution < -0.4 is 5.32 Å². The first-order valence-electron chi connectivity index (χ1n) is 8.44. The minimum Gasteiger partial charge on any atom is -0.452 e. The summed E-state index contributed by atoms with van der Waals surface area (Å²) in [5, 5.41) is 3.18. The second-order valence-electron chi connectivity index (χ2n) is 6.42. The third-order valence-electron chi connectivity index (χ3n) is 4.10. The second kappa shape index (κ2) is 7.53. The van der Waals surface area contributed by atoms with Crippen LogP contribution >= 0.6 is 0 Å². The van der Waals surface area contributed by atoms with Gasteiger partial charge in [0.25, 0.3) is 5.91 Å². The molecule has 0 radical (unpaired) electrons. The Hall–Kier alpha value is -3.28. The summed E-state index contributed by atoms with van der Waals surface area (Å²) in [7, 11) is 0. The third kappa shape index (κ3) is 4.28. The van der Waals surface area contributed by atoms with Crippen LogP contribution in [0, 0.1) is 26.6 Å². The summed E-state index contributed by atoms with van der Waals surface area (Å²) in [6, 6.07) is 11.6. The normalized spacial score (nSPS) is 10.7. The number of aromatic nitrogens is 1. The Balaban J connectivity index is 1.72. The molecule has 1 amide bonds. The highest BCUT2D eigenvalue weighted by molar-refractivity contribution is 6.04. The van der Waals surface area contributed by atoms with E-state index in [9.17, 15) is 14.0 Å². The molecule has 0 fully saturated rings. The van der Waals surface area contributed by atoms with Crippen LogP contribution in [0.4, 0.5) is 10.1 Å². The van der Waals surface area contributed by atoms with E-state index in [4.69, 9.17) is 4.74 Å². The number of benzene rings is 2. The van der Waals surface area contributed by atoms with Crippen molar-refractivity contribution in [1.82, 2.24) is 4.98 Å². The lowest BCUT2D eigenvalue weighted by Crippen LogP contribution is -2.21. The van der Waals surface area contributed by atoms with Gasteiger partial charge in [-0.1, -0.05) is 17.7 Å².